The van der Waals surface area contributed by atoms with Gasteiger partial charge < -0.3 is 15.5 Å². The van der Waals surface area contributed by atoms with E-state index in [-0.39, 0.29) is 27.7 Å². The van der Waals surface area contributed by atoms with Gasteiger partial charge in [-0.2, -0.15) is 12.7 Å². The van der Waals surface area contributed by atoms with E-state index in [9.17, 15) is 27.4 Å². The number of nitrogens with zero attached hydrogens (tertiary/aromatic N) is 3. The molecule has 2 heterocycles. The molecule has 3 amide bonds. The Morgan fingerprint density at radius 3 is 2.70 bits per heavy atom. The van der Waals surface area contributed by atoms with Crippen molar-refractivity contribution >= 4 is 73.6 Å². The molecule has 16 heteroatoms. The lowest BCUT2D eigenvalue weighted by Gasteiger charge is -2.45. The number of thioether (sulfide) groups is 1. The van der Waals surface area contributed by atoms with Gasteiger partial charge in [0.15, 0.2) is 10.8 Å². The molecule has 1 aliphatic heterocycles. The summed E-state index contributed by atoms with van der Waals surface area (Å²) in [6.45, 7) is 0. The second kappa shape index (κ2) is 11.0. The number of amides is 3. The first-order valence-electron chi connectivity index (χ1n) is 9.85. The third-order valence-corrected chi connectivity index (χ3v) is 8.59. The predicted molar refractivity (Wildman–Crippen MR) is 124 cm³/mol. The average Bonchev–Trinajstić information content (AvgIpc) is 3.22. The number of nitrogens with one attached hydrogen (secondary N) is 2. The number of halogens is 1. The lowest BCUT2D eigenvalue weighted by atomic mass is 10.0. The molecule has 2 atom stereocenters. The van der Waals surface area contributed by atoms with Gasteiger partial charge in [-0.15, -0.1) is 34.7 Å². The predicted octanol–water partition coefficient (Wildman–Crippen LogP) is 1.19. The Bertz CT molecular complexity index is 1040. The molecule has 3 rings (SSSR count). The van der Waals surface area contributed by atoms with Gasteiger partial charge in [-0.3, -0.25) is 18.9 Å². The van der Waals surface area contributed by atoms with E-state index >= 15 is 0 Å². The Kier molecular flexibility index (Phi) is 8.55. The molecule has 0 unspecified atom stereocenters. The van der Waals surface area contributed by atoms with Crippen LogP contribution >= 0.6 is 34.7 Å². The summed E-state index contributed by atoms with van der Waals surface area (Å²) in [7, 11) is -3.57. The van der Waals surface area contributed by atoms with E-state index in [2.05, 4.69) is 20.8 Å². The van der Waals surface area contributed by atoms with Gasteiger partial charge in [0.25, 0.3) is 11.8 Å². The standard InChI is InChI=1S/C17H22ClN5O7S3/c1-30-22-12(10-8-31-17(19-10)20-11(24)7-18)14(25)21-13-15(26)23(33(27,28)29)16(13)32-9-5-3-2-4-6-9/h8-9,13,16H,2-7H2,1H3,(H,21,25)(H,19,20,24)(H,27,28,29)/t13-,16+/m1/s1. The fourth-order valence-corrected chi connectivity index (χ4v) is 6.98. The highest BCUT2D eigenvalue weighted by molar-refractivity contribution is 8.01. The third-order valence-electron chi connectivity index (χ3n) is 4.93. The van der Waals surface area contributed by atoms with Crippen molar-refractivity contribution in [1.82, 2.24) is 14.6 Å². The molecule has 33 heavy (non-hydrogen) atoms. The Balaban J connectivity index is 1.76. The Labute approximate surface area is 203 Å². The fourth-order valence-electron chi connectivity index (χ4n) is 3.45. The van der Waals surface area contributed by atoms with Gasteiger partial charge in [-0.05, 0) is 12.8 Å². The molecule has 1 saturated carbocycles. The normalized spacial score (nSPS) is 22.0. The molecule has 182 valence electrons. The van der Waals surface area contributed by atoms with Gasteiger partial charge in [0.1, 0.15) is 30.1 Å². The number of thiazole rings is 1. The first-order chi connectivity index (χ1) is 15.7. The van der Waals surface area contributed by atoms with Crippen LogP contribution in [0.4, 0.5) is 5.13 Å². The maximum Gasteiger partial charge on any atom is 0.363 e. The highest BCUT2D eigenvalue weighted by Crippen LogP contribution is 2.39. The van der Waals surface area contributed by atoms with Gasteiger partial charge in [0.05, 0.1) is 0 Å². The minimum Gasteiger partial charge on any atom is -0.398 e. The van der Waals surface area contributed by atoms with Crippen molar-refractivity contribution in [2.75, 3.05) is 18.3 Å². The maximum atomic E-state index is 12.9. The van der Waals surface area contributed by atoms with Crippen molar-refractivity contribution in [2.45, 2.75) is 48.8 Å². The van der Waals surface area contributed by atoms with Crippen LogP contribution in [0.2, 0.25) is 0 Å². The number of oxime groups is 1. The molecular formula is C17H22ClN5O7S3. The van der Waals surface area contributed by atoms with Gasteiger partial charge in [0.2, 0.25) is 5.91 Å². The minimum atomic E-state index is -4.78. The molecule has 1 saturated heterocycles. The van der Waals surface area contributed by atoms with Crippen molar-refractivity contribution in [3.8, 4) is 0 Å². The summed E-state index contributed by atoms with van der Waals surface area (Å²) in [6, 6.07) is -1.19. The molecule has 2 fully saturated rings. The smallest absolute Gasteiger partial charge is 0.363 e. The molecule has 3 N–H and O–H groups in total. The number of hydrogen-bond acceptors (Lipinski definition) is 10. The van der Waals surface area contributed by atoms with Gasteiger partial charge >= 0.3 is 10.3 Å². The van der Waals surface area contributed by atoms with Crippen LogP contribution in [0, 0.1) is 0 Å². The molecule has 2 aliphatic rings. The Morgan fingerprint density at radius 1 is 1.39 bits per heavy atom. The van der Waals surface area contributed by atoms with Crippen molar-refractivity contribution in [2.24, 2.45) is 5.16 Å². The second-order valence-electron chi connectivity index (χ2n) is 7.19. The highest BCUT2D eigenvalue weighted by atomic mass is 35.5. The number of rotatable bonds is 9. The van der Waals surface area contributed by atoms with Gasteiger partial charge in [-0.25, -0.2) is 4.98 Å². The van der Waals surface area contributed by atoms with Crippen LogP contribution in [0.3, 0.4) is 0 Å². The van der Waals surface area contributed by atoms with Crippen LogP contribution in [0.25, 0.3) is 0 Å². The number of aromatic nitrogens is 1. The fraction of sp³-hybridized carbons (Fsp3) is 0.588. The topological polar surface area (TPSA) is 167 Å². The van der Waals surface area contributed by atoms with E-state index in [4.69, 9.17) is 16.4 Å². The lowest BCUT2D eigenvalue weighted by molar-refractivity contribution is -0.141. The van der Waals surface area contributed by atoms with E-state index in [0.717, 1.165) is 43.4 Å². The zero-order chi connectivity index (χ0) is 24.2. The summed E-state index contributed by atoms with van der Waals surface area (Å²) in [5.41, 5.74) is -0.209. The molecule has 0 radical (unpaired) electrons. The summed E-state index contributed by atoms with van der Waals surface area (Å²) in [4.78, 5) is 45.6. The number of hydrogen-bond donors (Lipinski definition) is 3. The second-order valence-corrected chi connectivity index (χ2v) is 11.0. The molecular weight excluding hydrogens is 518 g/mol. The summed E-state index contributed by atoms with van der Waals surface area (Å²) in [5, 5.41) is 9.31. The number of β-lactam (4-membered cyclic amide) rings is 1. The van der Waals surface area contributed by atoms with Crippen molar-refractivity contribution < 1.29 is 32.2 Å². The highest BCUT2D eigenvalue weighted by Gasteiger charge is 2.55. The average molecular weight is 540 g/mol. The Morgan fingerprint density at radius 2 is 2.09 bits per heavy atom. The monoisotopic (exact) mass is 539 g/mol. The lowest BCUT2D eigenvalue weighted by Crippen LogP contribution is -2.71. The largest absolute Gasteiger partial charge is 0.398 e. The van der Waals surface area contributed by atoms with E-state index in [0.29, 0.717) is 4.31 Å². The van der Waals surface area contributed by atoms with Crippen molar-refractivity contribution in [1.29, 1.82) is 0 Å². The molecule has 12 nitrogen and oxygen atoms in total. The van der Waals surface area contributed by atoms with E-state index < -0.39 is 39.4 Å². The summed E-state index contributed by atoms with van der Waals surface area (Å²) in [6.07, 6.45) is 4.75. The number of alkyl halides is 1. The maximum absolute atomic E-state index is 12.9. The van der Waals surface area contributed by atoms with Crippen LogP contribution in [0.15, 0.2) is 10.5 Å². The molecule has 1 aromatic rings. The van der Waals surface area contributed by atoms with Crippen molar-refractivity contribution in [3.63, 3.8) is 0 Å². The molecule has 0 aromatic carbocycles. The zero-order valence-electron chi connectivity index (χ0n) is 17.4. The van der Waals surface area contributed by atoms with Crippen molar-refractivity contribution in [3.05, 3.63) is 11.1 Å². The first kappa shape index (κ1) is 25.7. The van der Waals surface area contributed by atoms with E-state index in [1.54, 1.807) is 0 Å². The number of carbonyl (C=O) groups excluding carboxylic acids is 3. The van der Waals surface area contributed by atoms with Gasteiger partial charge in [-0.1, -0.05) is 24.4 Å². The minimum absolute atomic E-state index is 0.0686. The summed E-state index contributed by atoms with van der Waals surface area (Å²) < 4.78 is 33.3. The van der Waals surface area contributed by atoms with Crippen LogP contribution in [0.1, 0.15) is 37.8 Å². The number of carbonyl (C=O) groups is 3. The van der Waals surface area contributed by atoms with E-state index in [1.807, 2.05) is 0 Å². The summed E-state index contributed by atoms with van der Waals surface area (Å²) in [5.74, 6) is -2.55. The van der Waals surface area contributed by atoms with Crippen LogP contribution < -0.4 is 10.6 Å². The first-order valence-corrected chi connectivity index (χ1v) is 13.6. The summed E-state index contributed by atoms with van der Waals surface area (Å²) >= 11 is 7.71. The molecule has 1 aliphatic carbocycles. The zero-order valence-corrected chi connectivity index (χ0v) is 20.6. The quantitative estimate of drug-likeness (QED) is 0.137. The van der Waals surface area contributed by atoms with Crippen LogP contribution in [-0.2, 0) is 29.5 Å². The third kappa shape index (κ3) is 6.15. The van der Waals surface area contributed by atoms with E-state index in [1.165, 1.54) is 24.3 Å². The molecule has 0 bridgehead atoms. The van der Waals surface area contributed by atoms with Crippen LogP contribution in [-0.4, -0.2) is 75.3 Å². The number of anilines is 1. The van der Waals surface area contributed by atoms with Crippen LogP contribution in [0.5, 0.6) is 0 Å². The SMILES string of the molecule is CON=C(C(=O)N[C@@H]1C(=O)N(S(=O)(=O)O)[C@H]1SC1CCCCC1)c1csc(NC(=O)CCl)n1. The Hall–Kier alpha value is -1.94. The van der Waals surface area contributed by atoms with Gasteiger partial charge in [0, 0.05) is 10.6 Å². The molecule has 1 aromatic heterocycles. The molecule has 0 spiro atoms.